The lowest BCUT2D eigenvalue weighted by molar-refractivity contribution is 0.533. The van der Waals surface area contributed by atoms with Crippen molar-refractivity contribution in [3.8, 4) is 0 Å². The van der Waals surface area contributed by atoms with Crippen LogP contribution in [0.15, 0.2) is 18.2 Å². The summed E-state index contributed by atoms with van der Waals surface area (Å²) in [5.41, 5.74) is 6.63. The third kappa shape index (κ3) is 3.19. The first-order chi connectivity index (χ1) is 7.66. The summed E-state index contributed by atoms with van der Waals surface area (Å²) in [6, 6.07) is 5.15. The van der Waals surface area contributed by atoms with E-state index in [2.05, 4.69) is 0 Å². The second-order valence-electron chi connectivity index (χ2n) is 4.70. The Morgan fingerprint density at radius 3 is 2.88 bits per heavy atom. The Balaban J connectivity index is 1.88. The first-order valence-corrected chi connectivity index (χ1v) is 6.23. The number of nitrogens with two attached hydrogens (primary N) is 1. The molecular weight excluding hydrogens is 225 g/mol. The minimum Gasteiger partial charge on any atom is -0.327 e. The van der Waals surface area contributed by atoms with Crippen LogP contribution in [0.4, 0.5) is 4.39 Å². The fourth-order valence-corrected chi connectivity index (χ4v) is 2.14. The molecule has 1 unspecified atom stereocenters. The monoisotopic (exact) mass is 241 g/mol. The van der Waals surface area contributed by atoms with Crippen molar-refractivity contribution in [1.82, 2.24) is 0 Å². The molecular formula is C13H17ClFN. The molecule has 2 N–H and O–H groups in total. The van der Waals surface area contributed by atoms with Crippen LogP contribution in [-0.4, -0.2) is 6.04 Å². The van der Waals surface area contributed by atoms with Gasteiger partial charge >= 0.3 is 0 Å². The van der Waals surface area contributed by atoms with Crippen LogP contribution in [-0.2, 0) is 6.42 Å². The smallest absolute Gasteiger partial charge is 0.145 e. The van der Waals surface area contributed by atoms with Crippen LogP contribution in [0, 0.1) is 11.7 Å². The number of hydrogen-bond acceptors (Lipinski definition) is 1. The van der Waals surface area contributed by atoms with E-state index in [0.717, 1.165) is 12.3 Å². The van der Waals surface area contributed by atoms with Crippen LogP contribution >= 0.6 is 11.6 Å². The Morgan fingerprint density at radius 2 is 2.19 bits per heavy atom. The van der Waals surface area contributed by atoms with Crippen molar-refractivity contribution in [3.63, 3.8) is 0 Å². The van der Waals surface area contributed by atoms with Crippen LogP contribution in [0.2, 0.25) is 5.02 Å². The van der Waals surface area contributed by atoms with E-state index >= 15 is 0 Å². The van der Waals surface area contributed by atoms with Gasteiger partial charge in [-0.2, -0.15) is 0 Å². The molecule has 1 aliphatic rings. The molecule has 0 bridgehead atoms. The third-order valence-corrected chi connectivity index (χ3v) is 3.45. The van der Waals surface area contributed by atoms with Crippen LogP contribution in [0.3, 0.4) is 0 Å². The van der Waals surface area contributed by atoms with E-state index in [0.29, 0.717) is 12.0 Å². The lowest BCUT2D eigenvalue weighted by atomic mass is 10.0. The van der Waals surface area contributed by atoms with Crippen molar-refractivity contribution in [2.45, 2.75) is 38.1 Å². The lowest BCUT2D eigenvalue weighted by Crippen LogP contribution is -2.23. The van der Waals surface area contributed by atoms with E-state index in [9.17, 15) is 4.39 Å². The summed E-state index contributed by atoms with van der Waals surface area (Å²) >= 11 is 5.72. The third-order valence-electron chi connectivity index (χ3n) is 3.16. The van der Waals surface area contributed by atoms with Gasteiger partial charge in [0.25, 0.3) is 0 Å². The molecule has 0 heterocycles. The number of rotatable bonds is 5. The van der Waals surface area contributed by atoms with Crippen LogP contribution < -0.4 is 5.73 Å². The maximum atomic E-state index is 13.6. The van der Waals surface area contributed by atoms with Gasteiger partial charge in [0.15, 0.2) is 0 Å². The highest BCUT2D eigenvalue weighted by Gasteiger charge is 2.22. The zero-order chi connectivity index (χ0) is 11.5. The molecule has 1 aliphatic carbocycles. The Kier molecular flexibility index (Phi) is 3.82. The first-order valence-electron chi connectivity index (χ1n) is 5.85. The molecule has 88 valence electrons. The summed E-state index contributed by atoms with van der Waals surface area (Å²) in [5, 5.41) is 0.187. The van der Waals surface area contributed by atoms with Crippen LogP contribution in [0.1, 0.15) is 31.2 Å². The average molecular weight is 242 g/mol. The molecule has 1 saturated carbocycles. The van der Waals surface area contributed by atoms with Gasteiger partial charge in [-0.1, -0.05) is 36.6 Å². The van der Waals surface area contributed by atoms with Gasteiger partial charge in [0.2, 0.25) is 0 Å². The van der Waals surface area contributed by atoms with Crippen LogP contribution in [0.5, 0.6) is 0 Å². The highest BCUT2D eigenvalue weighted by molar-refractivity contribution is 6.30. The van der Waals surface area contributed by atoms with E-state index in [1.165, 1.54) is 19.3 Å². The Labute approximate surface area is 101 Å². The Morgan fingerprint density at radius 1 is 1.44 bits per heavy atom. The van der Waals surface area contributed by atoms with Gasteiger partial charge < -0.3 is 5.73 Å². The molecule has 0 saturated heterocycles. The molecule has 0 spiro atoms. The van der Waals surface area contributed by atoms with E-state index < -0.39 is 0 Å². The van der Waals surface area contributed by atoms with Crippen molar-refractivity contribution >= 4 is 11.6 Å². The molecule has 16 heavy (non-hydrogen) atoms. The zero-order valence-corrected chi connectivity index (χ0v) is 10.0. The summed E-state index contributed by atoms with van der Waals surface area (Å²) in [7, 11) is 0. The lowest BCUT2D eigenvalue weighted by Gasteiger charge is -2.12. The minimum atomic E-state index is -0.314. The molecule has 0 aromatic heterocycles. The second kappa shape index (κ2) is 5.15. The fraction of sp³-hybridized carbons (Fsp3) is 0.538. The standard InChI is InChI=1S/C13H17ClFN/c14-12-3-1-2-10(13(12)15)8-11(16)7-6-9-4-5-9/h1-3,9,11H,4-8,16H2. The molecule has 1 fully saturated rings. The van der Waals surface area contributed by atoms with Crippen LogP contribution in [0.25, 0.3) is 0 Å². The number of halogens is 2. The van der Waals surface area contributed by atoms with Gasteiger partial charge in [-0.25, -0.2) is 4.39 Å². The van der Waals surface area contributed by atoms with Crippen molar-refractivity contribution in [3.05, 3.63) is 34.6 Å². The van der Waals surface area contributed by atoms with E-state index in [4.69, 9.17) is 17.3 Å². The minimum absolute atomic E-state index is 0.0496. The van der Waals surface area contributed by atoms with E-state index in [1.54, 1.807) is 18.2 Å². The molecule has 0 aliphatic heterocycles. The number of benzene rings is 1. The largest absolute Gasteiger partial charge is 0.327 e. The summed E-state index contributed by atoms with van der Waals surface area (Å²) in [6.07, 6.45) is 5.44. The average Bonchev–Trinajstić information content (AvgIpc) is 3.06. The van der Waals surface area contributed by atoms with Gasteiger partial charge in [0, 0.05) is 6.04 Å². The molecule has 1 aromatic carbocycles. The van der Waals surface area contributed by atoms with Gasteiger partial charge in [-0.3, -0.25) is 0 Å². The van der Waals surface area contributed by atoms with Crippen molar-refractivity contribution in [1.29, 1.82) is 0 Å². The van der Waals surface area contributed by atoms with Gasteiger partial charge in [-0.05, 0) is 36.8 Å². The molecule has 0 radical (unpaired) electrons. The maximum Gasteiger partial charge on any atom is 0.145 e. The zero-order valence-electron chi connectivity index (χ0n) is 9.26. The van der Waals surface area contributed by atoms with Gasteiger partial charge in [0.1, 0.15) is 5.82 Å². The molecule has 3 heteroatoms. The topological polar surface area (TPSA) is 26.0 Å². The van der Waals surface area contributed by atoms with Crippen molar-refractivity contribution in [2.75, 3.05) is 0 Å². The summed E-state index contributed by atoms with van der Waals surface area (Å²) < 4.78 is 13.6. The summed E-state index contributed by atoms with van der Waals surface area (Å²) in [6.45, 7) is 0. The molecule has 1 nitrogen and oxygen atoms in total. The van der Waals surface area contributed by atoms with E-state index in [-0.39, 0.29) is 16.9 Å². The first kappa shape index (κ1) is 11.9. The Hall–Kier alpha value is -0.600. The molecule has 0 amide bonds. The Bertz CT molecular complexity index is 363. The summed E-state index contributed by atoms with van der Waals surface area (Å²) in [5.74, 6) is 0.571. The van der Waals surface area contributed by atoms with Crippen molar-refractivity contribution < 1.29 is 4.39 Å². The summed E-state index contributed by atoms with van der Waals surface area (Å²) in [4.78, 5) is 0. The highest BCUT2D eigenvalue weighted by Crippen LogP contribution is 2.34. The fourth-order valence-electron chi connectivity index (χ4n) is 1.95. The highest BCUT2D eigenvalue weighted by atomic mass is 35.5. The van der Waals surface area contributed by atoms with E-state index in [1.807, 2.05) is 0 Å². The normalized spacial score (nSPS) is 17.4. The maximum absolute atomic E-state index is 13.6. The van der Waals surface area contributed by atoms with Gasteiger partial charge in [0.05, 0.1) is 5.02 Å². The van der Waals surface area contributed by atoms with Crippen molar-refractivity contribution in [2.24, 2.45) is 11.7 Å². The predicted molar refractivity (Wildman–Crippen MR) is 65.0 cm³/mol. The quantitative estimate of drug-likeness (QED) is 0.839. The molecule has 1 atom stereocenters. The molecule has 2 rings (SSSR count). The predicted octanol–water partition coefficient (Wildman–Crippen LogP) is 3.54. The SMILES string of the molecule is NC(CCC1CC1)Cc1cccc(Cl)c1F. The number of hydrogen-bond donors (Lipinski definition) is 1. The molecule has 1 aromatic rings. The van der Waals surface area contributed by atoms with Gasteiger partial charge in [-0.15, -0.1) is 0 Å². The second-order valence-corrected chi connectivity index (χ2v) is 5.11.